The first-order chi connectivity index (χ1) is 14.2. The number of nitriles is 1. The number of nitrogens with zero attached hydrogens (tertiary/aromatic N) is 1. The normalized spacial score (nSPS) is 11.2. The molecule has 0 aliphatic carbocycles. The molecule has 0 unspecified atom stereocenters. The third-order valence-corrected chi connectivity index (χ3v) is 4.16. The summed E-state index contributed by atoms with van der Waals surface area (Å²) in [6.45, 7) is 1.97. The molecule has 1 aromatic heterocycles. The molecule has 30 heavy (non-hydrogen) atoms. The third kappa shape index (κ3) is 4.84. The number of carbonyl (C=O) groups is 2. The van der Waals surface area contributed by atoms with Crippen LogP contribution < -0.4 is 9.47 Å². The number of allylic oxidation sites excluding steroid dienone is 1. The highest BCUT2D eigenvalue weighted by atomic mass is 19.3. The number of ketones is 1. The summed E-state index contributed by atoms with van der Waals surface area (Å²) in [5.41, 5.74) is 1.07. The van der Waals surface area contributed by atoms with Crippen molar-refractivity contribution in [1.29, 1.82) is 5.26 Å². The molecular weight excluding hydrogens is 398 g/mol. The zero-order valence-electron chi connectivity index (χ0n) is 16.8. The molecule has 9 heteroatoms. The second kappa shape index (κ2) is 9.69. The van der Waals surface area contributed by atoms with Crippen molar-refractivity contribution in [2.45, 2.75) is 27.4 Å². The molecule has 1 heterocycles. The minimum Gasteiger partial charge on any atom is -0.493 e. The van der Waals surface area contributed by atoms with Gasteiger partial charge in [0.2, 0.25) is 5.78 Å². The second-order valence-corrected chi connectivity index (χ2v) is 6.13. The fourth-order valence-electron chi connectivity index (χ4n) is 2.94. The Labute approximate surface area is 171 Å². The molecule has 0 aliphatic rings. The minimum atomic E-state index is -3.03. The molecule has 0 aliphatic heterocycles. The third-order valence-electron chi connectivity index (χ3n) is 4.16. The Morgan fingerprint density at radius 3 is 2.43 bits per heavy atom. The summed E-state index contributed by atoms with van der Waals surface area (Å²) in [6, 6.07) is 5.81. The first-order valence-electron chi connectivity index (χ1n) is 8.89. The lowest BCUT2D eigenvalue weighted by atomic mass is 9.98. The van der Waals surface area contributed by atoms with Crippen molar-refractivity contribution in [3.63, 3.8) is 0 Å². The van der Waals surface area contributed by atoms with E-state index in [9.17, 15) is 23.6 Å². The molecular formula is C21H20F2N2O5. The number of nitrogens with one attached hydrogen (secondary N) is 1. The van der Waals surface area contributed by atoms with E-state index in [1.165, 1.54) is 31.4 Å². The lowest BCUT2D eigenvalue weighted by molar-refractivity contribution is -0.0512. The molecule has 2 aromatic rings. The van der Waals surface area contributed by atoms with E-state index in [-0.39, 0.29) is 34.8 Å². The molecule has 2 rings (SSSR count). The van der Waals surface area contributed by atoms with Crippen LogP contribution in [0.3, 0.4) is 0 Å². The zero-order chi connectivity index (χ0) is 22.4. The van der Waals surface area contributed by atoms with Crippen LogP contribution in [0.2, 0.25) is 0 Å². The van der Waals surface area contributed by atoms with Gasteiger partial charge >= 0.3 is 12.6 Å². The first-order valence-corrected chi connectivity index (χ1v) is 8.89. The summed E-state index contributed by atoms with van der Waals surface area (Å²) in [7, 11) is 1.27. The van der Waals surface area contributed by atoms with Crippen molar-refractivity contribution < 1.29 is 32.6 Å². The van der Waals surface area contributed by atoms with Gasteiger partial charge in [-0.15, -0.1) is 0 Å². The van der Waals surface area contributed by atoms with Crippen molar-refractivity contribution in [2.24, 2.45) is 0 Å². The number of benzene rings is 1. The molecule has 0 radical (unpaired) electrons. The smallest absolute Gasteiger partial charge is 0.387 e. The van der Waals surface area contributed by atoms with Gasteiger partial charge in [0, 0.05) is 11.4 Å². The van der Waals surface area contributed by atoms with E-state index in [1.807, 2.05) is 6.07 Å². The standard InChI is InChI=1S/C21H20F2N2O5/c1-5-29-20(27)18-12(3)25-11(2)17(18)19(26)14(10-24)8-13-6-7-15(30-21(22)23)16(9-13)28-4/h6-9,21,25H,5H2,1-4H3/b14-8+. The van der Waals surface area contributed by atoms with Gasteiger partial charge in [-0.3, -0.25) is 4.79 Å². The average Bonchev–Trinajstić information content (AvgIpc) is 3.00. The van der Waals surface area contributed by atoms with E-state index in [0.717, 1.165) is 0 Å². The lowest BCUT2D eigenvalue weighted by Crippen LogP contribution is -2.13. The van der Waals surface area contributed by atoms with Crippen LogP contribution in [-0.2, 0) is 4.74 Å². The number of halogens is 2. The molecule has 1 N–H and O–H groups in total. The molecule has 0 amide bonds. The summed E-state index contributed by atoms with van der Waals surface area (Å²) in [5, 5.41) is 9.53. The number of hydrogen-bond acceptors (Lipinski definition) is 6. The predicted molar refractivity (Wildman–Crippen MR) is 104 cm³/mol. The highest BCUT2D eigenvalue weighted by Gasteiger charge is 2.27. The highest BCUT2D eigenvalue weighted by Crippen LogP contribution is 2.31. The van der Waals surface area contributed by atoms with Gasteiger partial charge in [-0.25, -0.2) is 4.79 Å². The number of hydrogen-bond donors (Lipinski definition) is 1. The number of esters is 1. The monoisotopic (exact) mass is 418 g/mol. The number of rotatable bonds is 8. The van der Waals surface area contributed by atoms with Gasteiger partial charge in [0.1, 0.15) is 11.6 Å². The number of aromatic nitrogens is 1. The van der Waals surface area contributed by atoms with Gasteiger partial charge in [0.25, 0.3) is 0 Å². The van der Waals surface area contributed by atoms with Crippen LogP contribution in [0.15, 0.2) is 23.8 Å². The summed E-state index contributed by atoms with van der Waals surface area (Å²) >= 11 is 0. The fraction of sp³-hybridized carbons (Fsp3) is 0.286. The summed E-state index contributed by atoms with van der Waals surface area (Å²) in [6.07, 6.45) is 1.27. The summed E-state index contributed by atoms with van der Waals surface area (Å²) in [4.78, 5) is 28.2. The number of aryl methyl sites for hydroxylation is 2. The Bertz CT molecular complexity index is 1030. The summed E-state index contributed by atoms with van der Waals surface area (Å²) < 4.78 is 39.3. The van der Waals surface area contributed by atoms with Crippen LogP contribution in [0.4, 0.5) is 8.78 Å². The number of H-pyrrole nitrogens is 1. The molecule has 7 nitrogen and oxygen atoms in total. The molecule has 0 bridgehead atoms. The molecule has 0 saturated carbocycles. The van der Waals surface area contributed by atoms with Crippen LogP contribution in [0.5, 0.6) is 11.5 Å². The molecule has 0 atom stereocenters. The Morgan fingerprint density at radius 1 is 1.20 bits per heavy atom. The zero-order valence-corrected chi connectivity index (χ0v) is 16.8. The highest BCUT2D eigenvalue weighted by molar-refractivity contribution is 6.19. The summed E-state index contributed by atoms with van der Waals surface area (Å²) in [5.74, 6) is -1.52. The molecule has 0 spiro atoms. The van der Waals surface area contributed by atoms with Crippen LogP contribution in [0, 0.1) is 25.2 Å². The number of methoxy groups -OCH3 is 1. The number of Topliss-reactive ketones (excluding diaryl/α,β-unsaturated/α-hetero) is 1. The number of aromatic amines is 1. The van der Waals surface area contributed by atoms with Crippen LogP contribution in [0.1, 0.15) is 44.6 Å². The van der Waals surface area contributed by atoms with E-state index in [2.05, 4.69) is 9.72 Å². The van der Waals surface area contributed by atoms with Crippen molar-refractivity contribution in [3.8, 4) is 17.6 Å². The first kappa shape index (κ1) is 22.6. The maximum Gasteiger partial charge on any atom is 0.387 e. The van der Waals surface area contributed by atoms with Gasteiger partial charge in [0.05, 0.1) is 24.8 Å². The van der Waals surface area contributed by atoms with Crippen molar-refractivity contribution in [2.75, 3.05) is 13.7 Å². The van der Waals surface area contributed by atoms with Crippen molar-refractivity contribution in [3.05, 3.63) is 51.9 Å². The lowest BCUT2D eigenvalue weighted by Gasteiger charge is -2.10. The largest absolute Gasteiger partial charge is 0.493 e. The SMILES string of the molecule is CCOC(=O)c1c(C)[nH]c(C)c1C(=O)/C(C#N)=C/c1ccc(OC(F)F)c(OC)c1. The van der Waals surface area contributed by atoms with Gasteiger partial charge in [0.15, 0.2) is 11.5 Å². The quantitative estimate of drug-likeness (QED) is 0.298. The average molecular weight is 418 g/mol. The van der Waals surface area contributed by atoms with E-state index in [4.69, 9.17) is 9.47 Å². The van der Waals surface area contributed by atoms with Crippen LogP contribution in [0.25, 0.3) is 6.08 Å². The minimum absolute atomic E-state index is 0.00895. The van der Waals surface area contributed by atoms with E-state index in [0.29, 0.717) is 17.0 Å². The van der Waals surface area contributed by atoms with Crippen molar-refractivity contribution in [1.82, 2.24) is 4.98 Å². The Balaban J connectivity index is 2.49. The van der Waals surface area contributed by atoms with Gasteiger partial charge in [-0.2, -0.15) is 14.0 Å². The molecule has 1 aromatic carbocycles. The second-order valence-electron chi connectivity index (χ2n) is 6.13. The number of carbonyl (C=O) groups excluding carboxylic acids is 2. The number of ether oxygens (including phenoxy) is 3. The topological polar surface area (TPSA) is 101 Å². The Morgan fingerprint density at radius 2 is 1.87 bits per heavy atom. The van der Waals surface area contributed by atoms with Gasteiger partial charge < -0.3 is 19.2 Å². The van der Waals surface area contributed by atoms with E-state index in [1.54, 1.807) is 20.8 Å². The van der Waals surface area contributed by atoms with E-state index >= 15 is 0 Å². The molecule has 0 saturated heterocycles. The van der Waals surface area contributed by atoms with E-state index < -0.39 is 18.4 Å². The Kier molecular flexibility index (Phi) is 7.31. The number of alkyl halides is 2. The molecule has 158 valence electrons. The maximum atomic E-state index is 13.0. The van der Waals surface area contributed by atoms with Crippen molar-refractivity contribution >= 4 is 17.8 Å². The van der Waals surface area contributed by atoms with Crippen LogP contribution in [-0.4, -0.2) is 37.1 Å². The Hall–Kier alpha value is -3.67. The molecule has 0 fully saturated rings. The van der Waals surface area contributed by atoms with Crippen LogP contribution >= 0.6 is 0 Å². The van der Waals surface area contributed by atoms with Gasteiger partial charge in [-0.05, 0) is 44.5 Å². The maximum absolute atomic E-state index is 13.0. The predicted octanol–water partition coefficient (Wildman–Crippen LogP) is 4.21. The fourth-order valence-corrected chi connectivity index (χ4v) is 2.94. The van der Waals surface area contributed by atoms with Gasteiger partial charge in [-0.1, -0.05) is 6.07 Å².